The van der Waals surface area contributed by atoms with Gasteiger partial charge in [0, 0.05) is 5.88 Å². The zero-order valence-electron chi connectivity index (χ0n) is 6.99. The van der Waals surface area contributed by atoms with Crippen molar-refractivity contribution in [2.45, 2.75) is 33.1 Å². The average Bonchev–Trinajstić information content (AvgIpc) is 1.86. The predicted octanol–water partition coefficient (Wildman–Crippen LogP) is 3.61. The molecule has 1 heteroatoms. The standard InChI is InChI=1S/C9H17Cl/c1-4-5-9(7-10)6-8(2)3/h9H,2,4-7H2,1,3H3. The van der Waals surface area contributed by atoms with Gasteiger partial charge in [0.2, 0.25) is 0 Å². The maximum absolute atomic E-state index is 5.75. The van der Waals surface area contributed by atoms with Gasteiger partial charge in [0.1, 0.15) is 0 Å². The molecule has 0 saturated carbocycles. The lowest BCUT2D eigenvalue weighted by Gasteiger charge is -2.11. The van der Waals surface area contributed by atoms with Gasteiger partial charge in [0.25, 0.3) is 0 Å². The number of hydrogen-bond donors (Lipinski definition) is 0. The fraction of sp³-hybridized carbons (Fsp3) is 0.778. The highest BCUT2D eigenvalue weighted by atomic mass is 35.5. The Morgan fingerprint density at radius 2 is 2.20 bits per heavy atom. The van der Waals surface area contributed by atoms with E-state index in [9.17, 15) is 0 Å². The van der Waals surface area contributed by atoms with Gasteiger partial charge in [-0.1, -0.05) is 18.9 Å². The van der Waals surface area contributed by atoms with Crippen molar-refractivity contribution in [1.82, 2.24) is 0 Å². The minimum Gasteiger partial charge on any atom is -0.126 e. The molecule has 0 saturated heterocycles. The molecular formula is C9H17Cl. The molecule has 0 aromatic rings. The van der Waals surface area contributed by atoms with E-state index in [1.807, 2.05) is 0 Å². The van der Waals surface area contributed by atoms with E-state index in [0.717, 1.165) is 12.3 Å². The molecule has 0 aromatic heterocycles. The van der Waals surface area contributed by atoms with Crippen molar-refractivity contribution in [3.05, 3.63) is 12.2 Å². The van der Waals surface area contributed by atoms with Crippen LogP contribution in [0.1, 0.15) is 33.1 Å². The minimum absolute atomic E-state index is 0.657. The third kappa shape index (κ3) is 4.87. The van der Waals surface area contributed by atoms with E-state index in [0.29, 0.717) is 5.92 Å². The first-order valence-corrected chi connectivity index (χ1v) is 4.44. The zero-order valence-corrected chi connectivity index (χ0v) is 7.75. The first-order chi connectivity index (χ1) is 4.70. The molecule has 0 radical (unpaired) electrons. The molecule has 1 unspecified atom stereocenters. The van der Waals surface area contributed by atoms with E-state index < -0.39 is 0 Å². The number of rotatable bonds is 5. The molecule has 0 nitrogen and oxygen atoms in total. The minimum atomic E-state index is 0.657. The Morgan fingerprint density at radius 3 is 2.50 bits per heavy atom. The third-order valence-electron chi connectivity index (χ3n) is 1.55. The summed E-state index contributed by atoms with van der Waals surface area (Å²) in [5.41, 5.74) is 1.25. The number of hydrogen-bond acceptors (Lipinski definition) is 0. The van der Waals surface area contributed by atoms with Gasteiger partial charge in [0.15, 0.2) is 0 Å². The van der Waals surface area contributed by atoms with Gasteiger partial charge in [-0.2, -0.15) is 0 Å². The highest BCUT2D eigenvalue weighted by Gasteiger charge is 2.04. The van der Waals surface area contributed by atoms with E-state index in [2.05, 4.69) is 20.4 Å². The average molecular weight is 161 g/mol. The summed E-state index contributed by atoms with van der Waals surface area (Å²) in [6.07, 6.45) is 3.55. The topological polar surface area (TPSA) is 0 Å². The summed E-state index contributed by atoms with van der Waals surface area (Å²) in [4.78, 5) is 0. The maximum Gasteiger partial charge on any atom is 0.0254 e. The first-order valence-electron chi connectivity index (χ1n) is 3.91. The number of allylic oxidation sites excluding steroid dienone is 1. The fourth-order valence-corrected chi connectivity index (χ4v) is 1.40. The van der Waals surface area contributed by atoms with Gasteiger partial charge >= 0.3 is 0 Å². The lowest BCUT2D eigenvalue weighted by Crippen LogP contribution is -2.01. The van der Waals surface area contributed by atoms with Crippen LogP contribution in [0, 0.1) is 5.92 Å². The summed E-state index contributed by atoms with van der Waals surface area (Å²) in [5, 5.41) is 0. The number of alkyl halides is 1. The van der Waals surface area contributed by atoms with Crippen LogP contribution < -0.4 is 0 Å². The van der Waals surface area contributed by atoms with Crippen LogP contribution in [-0.2, 0) is 0 Å². The van der Waals surface area contributed by atoms with Crippen molar-refractivity contribution >= 4 is 11.6 Å². The molecular weight excluding hydrogens is 144 g/mol. The molecule has 10 heavy (non-hydrogen) atoms. The fourth-order valence-electron chi connectivity index (χ4n) is 1.13. The molecule has 0 rings (SSSR count). The molecule has 0 amide bonds. The van der Waals surface area contributed by atoms with Crippen molar-refractivity contribution in [3.63, 3.8) is 0 Å². The van der Waals surface area contributed by atoms with Gasteiger partial charge in [-0.25, -0.2) is 0 Å². The predicted molar refractivity (Wildman–Crippen MR) is 48.5 cm³/mol. The highest BCUT2D eigenvalue weighted by Crippen LogP contribution is 2.16. The van der Waals surface area contributed by atoms with Crippen molar-refractivity contribution in [1.29, 1.82) is 0 Å². The quantitative estimate of drug-likeness (QED) is 0.426. The second-order valence-corrected chi connectivity index (χ2v) is 3.28. The molecule has 0 aliphatic rings. The van der Waals surface area contributed by atoms with Crippen LogP contribution in [0.2, 0.25) is 0 Å². The van der Waals surface area contributed by atoms with E-state index in [4.69, 9.17) is 11.6 Å². The van der Waals surface area contributed by atoms with E-state index in [1.54, 1.807) is 0 Å². The Labute approximate surface area is 69.3 Å². The monoisotopic (exact) mass is 160 g/mol. The number of halogens is 1. The molecule has 0 bridgehead atoms. The Kier molecular flexibility index (Phi) is 5.81. The van der Waals surface area contributed by atoms with Crippen LogP contribution in [0.25, 0.3) is 0 Å². The normalized spacial score (nSPS) is 13.1. The van der Waals surface area contributed by atoms with E-state index in [1.165, 1.54) is 18.4 Å². The van der Waals surface area contributed by atoms with Gasteiger partial charge in [-0.15, -0.1) is 18.2 Å². The summed E-state index contributed by atoms with van der Waals surface area (Å²) in [6, 6.07) is 0. The lowest BCUT2D eigenvalue weighted by atomic mass is 9.98. The van der Waals surface area contributed by atoms with Crippen molar-refractivity contribution in [3.8, 4) is 0 Å². The van der Waals surface area contributed by atoms with Crippen LogP contribution in [0.5, 0.6) is 0 Å². The Morgan fingerprint density at radius 1 is 1.60 bits per heavy atom. The van der Waals surface area contributed by atoms with Gasteiger partial charge < -0.3 is 0 Å². The zero-order chi connectivity index (χ0) is 7.98. The largest absolute Gasteiger partial charge is 0.126 e. The van der Waals surface area contributed by atoms with Gasteiger partial charge in [0.05, 0.1) is 0 Å². The van der Waals surface area contributed by atoms with Gasteiger partial charge in [-0.05, 0) is 25.7 Å². The van der Waals surface area contributed by atoms with Gasteiger partial charge in [-0.3, -0.25) is 0 Å². The van der Waals surface area contributed by atoms with E-state index in [-0.39, 0.29) is 0 Å². The molecule has 1 atom stereocenters. The summed E-state index contributed by atoms with van der Waals surface area (Å²) in [6.45, 7) is 8.12. The molecule has 60 valence electrons. The van der Waals surface area contributed by atoms with Crippen LogP contribution >= 0.6 is 11.6 Å². The van der Waals surface area contributed by atoms with Crippen molar-refractivity contribution in [2.24, 2.45) is 5.92 Å². The van der Waals surface area contributed by atoms with Crippen molar-refractivity contribution in [2.75, 3.05) is 5.88 Å². The second kappa shape index (κ2) is 5.79. The summed E-state index contributed by atoms with van der Waals surface area (Å²) in [5.74, 6) is 1.44. The molecule has 0 spiro atoms. The smallest absolute Gasteiger partial charge is 0.0254 e. The van der Waals surface area contributed by atoms with E-state index >= 15 is 0 Å². The Hall–Kier alpha value is 0.0300. The Balaban J connectivity index is 3.49. The van der Waals surface area contributed by atoms with Crippen LogP contribution in [0.3, 0.4) is 0 Å². The van der Waals surface area contributed by atoms with Crippen molar-refractivity contribution < 1.29 is 0 Å². The second-order valence-electron chi connectivity index (χ2n) is 2.97. The molecule has 0 aromatic carbocycles. The lowest BCUT2D eigenvalue weighted by molar-refractivity contribution is 0.527. The maximum atomic E-state index is 5.75. The molecule has 0 N–H and O–H groups in total. The van der Waals surface area contributed by atoms with Crippen LogP contribution in [-0.4, -0.2) is 5.88 Å². The molecule has 0 aliphatic heterocycles. The SMILES string of the molecule is C=C(C)CC(CCl)CCC. The molecule has 0 fully saturated rings. The highest BCUT2D eigenvalue weighted by molar-refractivity contribution is 6.18. The summed E-state index contributed by atoms with van der Waals surface area (Å²) < 4.78 is 0. The Bertz CT molecular complexity index is 96.9. The summed E-state index contributed by atoms with van der Waals surface area (Å²) in [7, 11) is 0. The van der Waals surface area contributed by atoms with Crippen LogP contribution in [0.4, 0.5) is 0 Å². The molecule has 0 aliphatic carbocycles. The van der Waals surface area contributed by atoms with Crippen LogP contribution in [0.15, 0.2) is 12.2 Å². The third-order valence-corrected chi connectivity index (χ3v) is 1.99. The first kappa shape index (κ1) is 10.0. The summed E-state index contributed by atoms with van der Waals surface area (Å²) >= 11 is 5.75. The molecule has 0 heterocycles.